The van der Waals surface area contributed by atoms with Crippen LogP contribution in [0.4, 0.5) is 0 Å². The average molecular weight is 256 g/mol. The molecule has 0 unspecified atom stereocenters. The molecule has 0 aromatic heterocycles. The molecule has 10 radical (unpaired) electrons. The molecule has 0 bridgehead atoms. The van der Waals surface area contributed by atoms with Crippen molar-refractivity contribution in [2.75, 3.05) is 6.61 Å². The van der Waals surface area contributed by atoms with E-state index in [1.165, 1.54) is 5.92 Å². The van der Waals surface area contributed by atoms with Gasteiger partial charge in [0.05, 0.1) is 12.4 Å². The Morgan fingerprint density at radius 2 is 1.44 bits per heavy atom. The summed E-state index contributed by atoms with van der Waals surface area (Å²) in [6, 6.07) is 0. The molecule has 2 rings (SSSR count). The van der Waals surface area contributed by atoms with Crippen LogP contribution in [0.5, 0.6) is 0 Å². The second-order valence-corrected chi connectivity index (χ2v) is 3.25. The Balaban J connectivity index is 0.000000318. The van der Waals surface area contributed by atoms with Crippen molar-refractivity contribution in [2.45, 2.75) is 6.92 Å². The van der Waals surface area contributed by atoms with Gasteiger partial charge in [-0.2, -0.15) is 0 Å². The fourth-order valence-electron chi connectivity index (χ4n) is 1.04. The second kappa shape index (κ2) is 10.2. The van der Waals surface area contributed by atoms with E-state index < -0.39 is 0 Å². The third-order valence-corrected chi connectivity index (χ3v) is 1.77. The van der Waals surface area contributed by atoms with Gasteiger partial charge in [-0.3, -0.25) is 0 Å². The van der Waals surface area contributed by atoms with Gasteiger partial charge in [-0.1, -0.05) is 6.58 Å². The van der Waals surface area contributed by atoms with Gasteiger partial charge >= 0.3 is 17.1 Å². The summed E-state index contributed by atoms with van der Waals surface area (Å²) in [5.41, 5.74) is 0. The second-order valence-electron chi connectivity index (χ2n) is 3.25. The van der Waals surface area contributed by atoms with Crippen molar-refractivity contribution < 1.29 is 21.8 Å². The van der Waals surface area contributed by atoms with Crippen LogP contribution in [0.2, 0.25) is 0 Å². The molecule has 0 heterocycles. The molecule has 0 spiro atoms. The van der Waals surface area contributed by atoms with E-state index in [1.54, 1.807) is 0 Å². The number of allylic oxidation sites excluding steroid dienone is 1. The molecule has 16 heavy (non-hydrogen) atoms. The van der Waals surface area contributed by atoms with Gasteiger partial charge in [-0.25, -0.2) is 0 Å². The van der Waals surface area contributed by atoms with Crippen molar-refractivity contribution in [1.29, 1.82) is 0 Å². The minimum absolute atomic E-state index is 0. The first kappa shape index (κ1) is 16.1. The van der Waals surface area contributed by atoms with Crippen molar-refractivity contribution in [3.63, 3.8) is 0 Å². The molecule has 0 atom stereocenters. The van der Waals surface area contributed by atoms with E-state index in [2.05, 4.69) is 6.58 Å². The van der Waals surface area contributed by atoms with E-state index in [4.69, 9.17) is 4.74 Å². The summed E-state index contributed by atoms with van der Waals surface area (Å²) in [5, 5.41) is 0. The van der Waals surface area contributed by atoms with Crippen LogP contribution in [0.25, 0.3) is 0 Å². The van der Waals surface area contributed by atoms with Gasteiger partial charge in [0.15, 0.2) is 0 Å². The standard InChI is InChI=1S/C9H11O.C5H5.Fe/c1-8(2)10-7-9-5-3-4-6-9;1-2-4-5-3-1;/h3-6H,1,7H2,2H3;1-5H;/q;;+2. The molecule has 2 aliphatic rings. The minimum atomic E-state index is 0. The molecule has 0 amide bonds. The number of hydrogen-bond acceptors (Lipinski definition) is 1. The van der Waals surface area contributed by atoms with Crippen LogP contribution in [0.3, 0.4) is 0 Å². The van der Waals surface area contributed by atoms with E-state index >= 15 is 0 Å². The van der Waals surface area contributed by atoms with Crippen molar-refractivity contribution in [1.82, 2.24) is 0 Å². The largest absolute Gasteiger partial charge is 2.00 e. The Bertz CT molecular complexity index is 162. The molecule has 0 saturated heterocycles. The van der Waals surface area contributed by atoms with E-state index in [0.717, 1.165) is 5.76 Å². The zero-order valence-electron chi connectivity index (χ0n) is 9.37. The molecule has 1 nitrogen and oxygen atoms in total. The molecule has 2 aliphatic carbocycles. The van der Waals surface area contributed by atoms with E-state index in [9.17, 15) is 0 Å². The van der Waals surface area contributed by atoms with Gasteiger partial charge in [0.25, 0.3) is 0 Å². The SMILES string of the molecule is C=C(C)OC[C]1[CH][CH][CH][CH]1.[CH]1[CH][CH][CH][CH]1.[Fe+2]. The third-order valence-electron chi connectivity index (χ3n) is 1.77. The Hall–Kier alpha value is 0.0595. The summed E-state index contributed by atoms with van der Waals surface area (Å²) in [4.78, 5) is 0. The summed E-state index contributed by atoms with van der Waals surface area (Å²) >= 11 is 0. The van der Waals surface area contributed by atoms with Gasteiger partial charge < -0.3 is 4.74 Å². The molecule has 2 saturated carbocycles. The zero-order valence-corrected chi connectivity index (χ0v) is 10.5. The maximum Gasteiger partial charge on any atom is 2.00 e. The monoisotopic (exact) mass is 256 g/mol. The third kappa shape index (κ3) is 8.24. The topological polar surface area (TPSA) is 9.23 Å². The number of hydrogen-bond donors (Lipinski definition) is 0. The summed E-state index contributed by atoms with van der Waals surface area (Å²) in [6.07, 6.45) is 18.1. The predicted octanol–water partition coefficient (Wildman–Crippen LogP) is 2.96. The van der Waals surface area contributed by atoms with Gasteiger partial charge in [0.1, 0.15) is 0 Å². The Morgan fingerprint density at radius 1 is 1.00 bits per heavy atom. The van der Waals surface area contributed by atoms with Crippen molar-refractivity contribution in [3.05, 3.63) is 76.0 Å². The molecule has 0 N–H and O–H groups in total. The van der Waals surface area contributed by atoms with Crippen LogP contribution in [-0.4, -0.2) is 6.61 Å². The maximum atomic E-state index is 5.19. The van der Waals surface area contributed by atoms with Gasteiger partial charge in [0, 0.05) is 5.92 Å². The van der Waals surface area contributed by atoms with Crippen molar-refractivity contribution >= 4 is 0 Å². The van der Waals surface area contributed by atoms with Crippen molar-refractivity contribution in [2.24, 2.45) is 0 Å². The van der Waals surface area contributed by atoms with Gasteiger partial charge in [-0.15, -0.1) is 0 Å². The zero-order chi connectivity index (χ0) is 10.9. The summed E-state index contributed by atoms with van der Waals surface area (Å²) in [6.45, 7) is 6.12. The van der Waals surface area contributed by atoms with Gasteiger partial charge in [0.2, 0.25) is 0 Å². The fraction of sp³-hybridized carbons (Fsp3) is 0.143. The summed E-state index contributed by atoms with van der Waals surface area (Å²) in [5.74, 6) is 1.96. The van der Waals surface area contributed by atoms with Crippen LogP contribution in [0.15, 0.2) is 12.3 Å². The molecule has 0 aromatic carbocycles. The van der Waals surface area contributed by atoms with E-state index in [1.807, 2.05) is 64.7 Å². The van der Waals surface area contributed by atoms with Crippen LogP contribution < -0.4 is 0 Å². The molecule has 0 aliphatic heterocycles. The predicted molar refractivity (Wildman–Crippen MR) is 62.7 cm³/mol. The van der Waals surface area contributed by atoms with E-state index in [0.29, 0.717) is 6.61 Å². The first-order chi connectivity index (χ1) is 7.29. The average Bonchev–Trinajstić information content (AvgIpc) is 2.91. The number of ether oxygens (including phenoxy) is 1. The first-order valence-corrected chi connectivity index (χ1v) is 4.94. The molecule has 0 aromatic rings. The Morgan fingerprint density at radius 3 is 1.81 bits per heavy atom. The molecule has 2 heteroatoms. The van der Waals surface area contributed by atoms with Crippen LogP contribution in [-0.2, 0) is 21.8 Å². The number of rotatable bonds is 3. The first-order valence-electron chi connectivity index (χ1n) is 4.94. The van der Waals surface area contributed by atoms with E-state index in [-0.39, 0.29) is 17.1 Å². The molecule has 2 fully saturated rings. The van der Waals surface area contributed by atoms with Crippen LogP contribution in [0, 0.1) is 63.7 Å². The summed E-state index contributed by atoms with van der Waals surface area (Å²) < 4.78 is 5.19. The molecule has 84 valence electrons. The maximum absolute atomic E-state index is 5.19. The molecular weight excluding hydrogens is 240 g/mol. The normalized spacial score (nSPS) is 19.6. The van der Waals surface area contributed by atoms with Crippen molar-refractivity contribution in [3.8, 4) is 0 Å². The summed E-state index contributed by atoms with van der Waals surface area (Å²) in [7, 11) is 0. The Labute approximate surface area is 111 Å². The van der Waals surface area contributed by atoms with Crippen LogP contribution in [0.1, 0.15) is 6.92 Å². The van der Waals surface area contributed by atoms with Gasteiger partial charge in [-0.05, 0) is 64.7 Å². The molecular formula is C14H16FeO+2. The quantitative estimate of drug-likeness (QED) is 0.557. The fourth-order valence-corrected chi connectivity index (χ4v) is 1.04. The Kier molecular flexibility index (Phi) is 10.3. The van der Waals surface area contributed by atoms with Crippen LogP contribution >= 0.6 is 0 Å². The minimum Gasteiger partial charge on any atom is -0.498 e. The smallest absolute Gasteiger partial charge is 0.498 e.